The van der Waals surface area contributed by atoms with Crippen LogP contribution in [0.5, 0.6) is 0 Å². The first-order valence-electron chi connectivity index (χ1n) is 6.88. The number of carbonyl (C=O) groups excluding carboxylic acids is 1. The molecule has 0 aliphatic rings. The zero-order valence-electron chi connectivity index (χ0n) is 11.7. The molecule has 0 aliphatic carbocycles. The number of rotatable bonds is 3. The Morgan fingerprint density at radius 2 is 1.90 bits per heavy atom. The average molecular weight is 274 g/mol. The molecular formula is C18H14N2O. The number of fused-ring (bicyclic) bond motifs is 1. The van der Waals surface area contributed by atoms with E-state index < -0.39 is 0 Å². The number of benzene rings is 1. The van der Waals surface area contributed by atoms with Gasteiger partial charge in [0.1, 0.15) is 0 Å². The fraction of sp³-hybridized carbons (Fsp3) is 0.111. The second-order valence-electron chi connectivity index (χ2n) is 4.92. The molecule has 3 heteroatoms. The van der Waals surface area contributed by atoms with Crippen LogP contribution >= 0.6 is 0 Å². The zero-order valence-corrected chi connectivity index (χ0v) is 11.7. The van der Waals surface area contributed by atoms with E-state index in [9.17, 15) is 4.79 Å². The Kier molecular flexibility index (Phi) is 3.29. The van der Waals surface area contributed by atoms with Gasteiger partial charge in [0.25, 0.3) is 0 Å². The normalized spacial score (nSPS) is 10.5. The van der Waals surface area contributed by atoms with Crippen molar-refractivity contribution in [1.29, 1.82) is 5.26 Å². The SMILES string of the molecule is CCc1ccn2c(C(=O)c3ccc(C#N)cc3)ccc2c1. The van der Waals surface area contributed by atoms with Crippen LogP contribution in [0, 0.1) is 11.3 Å². The largest absolute Gasteiger partial charge is 0.314 e. The number of nitrogens with zero attached hydrogens (tertiary/aromatic N) is 2. The topological polar surface area (TPSA) is 45.3 Å². The average Bonchev–Trinajstić information content (AvgIpc) is 2.97. The molecule has 0 atom stereocenters. The number of nitriles is 1. The van der Waals surface area contributed by atoms with E-state index in [1.807, 2.05) is 28.8 Å². The Morgan fingerprint density at radius 1 is 1.14 bits per heavy atom. The molecule has 21 heavy (non-hydrogen) atoms. The Labute approximate surface area is 123 Å². The van der Waals surface area contributed by atoms with Gasteiger partial charge in [-0.3, -0.25) is 4.79 Å². The van der Waals surface area contributed by atoms with Gasteiger partial charge >= 0.3 is 0 Å². The van der Waals surface area contributed by atoms with Crippen molar-refractivity contribution in [2.24, 2.45) is 0 Å². The minimum absolute atomic E-state index is 0.0382. The maximum absolute atomic E-state index is 12.6. The molecule has 0 aliphatic heterocycles. The van der Waals surface area contributed by atoms with E-state index in [-0.39, 0.29) is 5.78 Å². The third kappa shape index (κ3) is 2.32. The maximum atomic E-state index is 12.6. The Bertz CT molecular complexity index is 851. The number of pyridine rings is 1. The van der Waals surface area contributed by atoms with E-state index in [4.69, 9.17) is 5.26 Å². The molecular weight excluding hydrogens is 260 g/mol. The van der Waals surface area contributed by atoms with Gasteiger partial charge in [0.15, 0.2) is 0 Å². The van der Waals surface area contributed by atoms with Crippen LogP contribution in [-0.2, 0) is 6.42 Å². The van der Waals surface area contributed by atoms with Gasteiger partial charge in [0.2, 0.25) is 5.78 Å². The Morgan fingerprint density at radius 3 is 2.57 bits per heavy atom. The molecule has 1 aromatic carbocycles. The predicted octanol–water partition coefficient (Wildman–Crippen LogP) is 3.60. The van der Waals surface area contributed by atoms with E-state index in [0.717, 1.165) is 11.9 Å². The highest BCUT2D eigenvalue weighted by molar-refractivity contribution is 6.08. The number of carbonyl (C=O) groups is 1. The second kappa shape index (κ2) is 5.26. The van der Waals surface area contributed by atoms with Crippen molar-refractivity contribution in [3.8, 4) is 6.07 Å². The van der Waals surface area contributed by atoms with Crippen LogP contribution < -0.4 is 0 Å². The molecule has 0 bridgehead atoms. The smallest absolute Gasteiger partial charge is 0.209 e. The summed E-state index contributed by atoms with van der Waals surface area (Å²) in [5, 5.41) is 8.80. The molecule has 0 saturated carbocycles. The van der Waals surface area contributed by atoms with Crippen LogP contribution in [0.4, 0.5) is 0 Å². The first kappa shape index (κ1) is 13.1. The van der Waals surface area contributed by atoms with Gasteiger partial charge in [-0.15, -0.1) is 0 Å². The number of aryl methyl sites for hydroxylation is 1. The van der Waals surface area contributed by atoms with Crippen LogP contribution in [0.15, 0.2) is 54.7 Å². The number of hydrogen-bond acceptors (Lipinski definition) is 2. The van der Waals surface area contributed by atoms with E-state index in [1.165, 1.54) is 5.56 Å². The summed E-state index contributed by atoms with van der Waals surface area (Å²) >= 11 is 0. The van der Waals surface area contributed by atoms with Crippen molar-refractivity contribution in [3.63, 3.8) is 0 Å². The molecule has 0 amide bonds. The van der Waals surface area contributed by atoms with Crippen molar-refractivity contribution < 1.29 is 4.79 Å². The highest BCUT2D eigenvalue weighted by Crippen LogP contribution is 2.17. The summed E-state index contributed by atoms with van der Waals surface area (Å²) in [5.41, 5.74) is 4.05. The van der Waals surface area contributed by atoms with Crippen LogP contribution in [0.25, 0.3) is 5.52 Å². The Balaban J connectivity index is 2.03. The molecule has 0 fully saturated rings. The van der Waals surface area contributed by atoms with Gasteiger partial charge < -0.3 is 4.40 Å². The van der Waals surface area contributed by atoms with Gasteiger partial charge in [-0.2, -0.15) is 5.26 Å². The van der Waals surface area contributed by atoms with Crippen molar-refractivity contribution in [2.75, 3.05) is 0 Å². The lowest BCUT2D eigenvalue weighted by atomic mass is 10.1. The molecule has 0 saturated heterocycles. The predicted molar refractivity (Wildman–Crippen MR) is 81.4 cm³/mol. The molecule has 0 radical (unpaired) electrons. The van der Waals surface area contributed by atoms with Crippen LogP contribution in [0.3, 0.4) is 0 Å². The zero-order chi connectivity index (χ0) is 14.8. The summed E-state index contributed by atoms with van der Waals surface area (Å²) in [5.74, 6) is -0.0382. The van der Waals surface area contributed by atoms with E-state index in [1.54, 1.807) is 24.3 Å². The summed E-state index contributed by atoms with van der Waals surface area (Å²) in [7, 11) is 0. The second-order valence-corrected chi connectivity index (χ2v) is 4.92. The minimum atomic E-state index is -0.0382. The van der Waals surface area contributed by atoms with Gasteiger partial charge in [-0.05, 0) is 60.5 Å². The molecule has 0 spiro atoms. The van der Waals surface area contributed by atoms with Gasteiger partial charge in [-0.25, -0.2) is 0 Å². The number of hydrogen-bond donors (Lipinski definition) is 0. The standard InChI is InChI=1S/C18H14N2O/c1-2-13-9-10-20-16(11-13)7-8-17(20)18(21)15-5-3-14(12-19)4-6-15/h3-11H,2H2,1H3. The lowest BCUT2D eigenvalue weighted by molar-refractivity contribution is 0.103. The third-order valence-electron chi connectivity index (χ3n) is 3.64. The summed E-state index contributed by atoms with van der Waals surface area (Å²) < 4.78 is 1.90. The van der Waals surface area contributed by atoms with Gasteiger partial charge in [-0.1, -0.05) is 6.92 Å². The monoisotopic (exact) mass is 274 g/mol. The summed E-state index contributed by atoms with van der Waals surface area (Å²) in [4.78, 5) is 12.6. The van der Waals surface area contributed by atoms with Gasteiger partial charge in [0.05, 0.1) is 17.3 Å². The highest BCUT2D eigenvalue weighted by atomic mass is 16.1. The summed E-state index contributed by atoms with van der Waals surface area (Å²) in [6.45, 7) is 2.11. The Hall–Kier alpha value is -2.86. The van der Waals surface area contributed by atoms with Crippen molar-refractivity contribution in [3.05, 3.63) is 77.1 Å². The van der Waals surface area contributed by atoms with Crippen LogP contribution in [-0.4, -0.2) is 10.2 Å². The molecule has 2 aromatic heterocycles. The third-order valence-corrected chi connectivity index (χ3v) is 3.64. The fourth-order valence-corrected chi connectivity index (χ4v) is 2.41. The van der Waals surface area contributed by atoms with E-state index in [2.05, 4.69) is 19.1 Å². The molecule has 2 heterocycles. The number of ketones is 1. The number of aromatic nitrogens is 1. The van der Waals surface area contributed by atoms with Crippen molar-refractivity contribution in [1.82, 2.24) is 4.40 Å². The maximum Gasteiger partial charge on any atom is 0.209 e. The molecule has 3 rings (SSSR count). The first-order chi connectivity index (χ1) is 10.2. The summed E-state index contributed by atoms with van der Waals surface area (Å²) in [6, 6.07) is 16.7. The van der Waals surface area contributed by atoms with Crippen molar-refractivity contribution in [2.45, 2.75) is 13.3 Å². The quantitative estimate of drug-likeness (QED) is 0.685. The van der Waals surface area contributed by atoms with Crippen LogP contribution in [0.1, 0.15) is 34.1 Å². The lowest BCUT2D eigenvalue weighted by Crippen LogP contribution is -2.05. The molecule has 3 nitrogen and oxygen atoms in total. The fourth-order valence-electron chi connectivity index (χ4n) is 2.41. The van der Waals surface area contributed by atoms with Gasteiger partial charge in [0, 0.05) is 17.3 Å². The molecule has 0 N–H and O–H groups in total. The van der Waals surface area contributed by atoms with Crippen LogP contribution in [0.2, 0.25) is 0 Å². The molecule has 3 aromatic rings. The van der Waals surface area contributed by atoms with E-state index in [0.29, 0.717) is 16.8 Å². The highest BCUT2D eigenvalue weighted by Gasteiger charge is 2.13. The van der Waals surface area contributed by atoms with Crippen molar-refractivity contribution >= 4 is 11.3 Å². The lowest BCUT2D eigenvalue weighted by Gasteiger charge is -2.04. The minimum Gasteiger partial charge on any atom is -0.314 e. The summed E-state index contributed by atoms with van der Waals surface area (Å²) in [6.07, 6.45) is 2.91. The molecule has 102 valence electrons. The molecule has 0 unspecified atom stereocenters. The van der Waals surface area contributed by atoms with E-state index >= 15 is 0 Å². The first-order valence-corrected chi connectivity index (χ1v) is 6.88.